The second kappa shape index (κ2) is 7.94. The van der Waals surface area contributed by atoms with Crippen LogP contribution in [0.2, 0.25) is 0 Å². The zero-order valence-electron chi connectivity index (χ0n) is 11.1. The first kappa shape index (κ1) is 15.7. The fourth-order valence-corrected chi connectivity index (χ4v) is 1.82. The van der Waals surface area contributed by atoms with Gasteiger partial charge in [-0.2, -0.15) is 0 Å². The van der Waals surface area contributed by atoms with E-state index < -0.39 is 5.97 Å². The van der Waals surface area contributed by atoms with Gasteiger partial charge >= 0.3 is 5.97 Å². The van der Waals surface area contributed by atoms with Crippen LogP contribution in [0, 0.1) is 0 Å². The van der Waals surface area contributed by atoms with Crippen LogP contribution in [0.3, 0.4) is 0 Å². The van der Waals surface area contributed by atoms with Crippen molar-refractivity contribution in [3.63, 3.8) is 0 Å². The van der Waals surface area contributed by atoms with E-state index in [1.165, 1.54) is 0 Å². The minimum absolute atomic E-state index is 0.00899. The molecule has 0 amide bonds. The lowest BCUT2D eigenvalue weighted by Gasteiger charge is -2.10. The molecular weight excluding hydrogens is 312 g/mol. The van der Waals surface area contributed by atoms with Crippen molar-refractivity contribution in [3.05, 3.63) is 29.3 Å². The summed E-state index contributed by atoms with van der Waals surface area (Å²) in [6.07, 6.45) is 0.200. The van der Waals surface area contributed by atoms with E-state index in [0.29, 0.717) is 30.1 Å². The van der Waals surface area contributed by atoms with Gasteiger partial charge in [-0.25, -0.2) is 4.79 Å². The minimum atomic E-state index is -0.429. The zero-order valence-corrected chi connectivity index (χ0v) is 12.7. The molecule has 0 bridgehead atoms. The highest BCUT2D eigenvalue weighted by molar-refractivity contribution is 9.09. The first-order valence-electron chi connectivity index (χ1n) is 6.12. The molecule has 0 atom stereocenters. The minimum Gasteiger partial charge on any atom is -0.494 e. The van der Waals surface area contributed by atoms with Crippen LogP contribution in [0.25, 0.3) is 0 Å². The molecule has 104 valence electrons. The van der Waals surface area contributed by atoms with E-state index in [1.54, 1.807) is 25.1 Å². The number of carbonyl (C=O) groups is 2. The number of ether oxygens (including phenoxy) is 2. The van der Waals surface area contributed by atoms with Crippen LogP contribution in [0.15, 0.2) is 18.2 Å². The number of halogens is 1. The first-order chi connectivity index (χ1) is 9.12. The largest absolute Gasteiger partial charge is 0.494 e. The quantitative estimate of drug-likeness (QED) is 0.570. The van der Waals surface area contributed by atoms with Gasteiger partial charge in [-0.15, -0.1) is 0 Å². The zero-order chi connectivity index (χ0) is 14.3. The normalized spacial score (nSPS) is 10.1. The van der Waals surface area contributed by atoms with Gasteiger partial charge in [0.25, 0.3) is 0 Å². The summed E-state index contributed by atoms with van der Waals surface area (Å²) < 4.78 is 10.4. The first-order valence-corrected chi connectivity index (χ1v) is 7.25. The molecule has 19 heavy (non-hydrogen) atoms. The summed E-state index contributed by atoms with van der Waals surface area (Å²) in [4.78, 5) is 23.4. The third-order valence-electron chi connectivity index (χ3n) is 2.42. The van der Waals surface area contributed by atoms with E-state index in [-0.39, 0.29) is 17.5 Å². The maximum atomic E-state index is 11.9. The number of hydrogen-bond donors (Lipinski definition) is 0. The van der Waals surface area contributed by atoms with Gasteiger partial charge in [0.15, 0.2) is 0 Å². The van der Waals surface area contributed by atoms with Crippen LogP contribution in [0.1, 0.15) is 29.8 Å². The molecule has 0 aliphatic rings. The number of Topliss-reactive ketones (excluding diaryl/α,β-unsaturated/α-hetero) is 1. The number of ketones is 1. The molecule has 0 aromatic heterocycles. The Morgan fingerprint density at radius 2 is 1.95 bits per heavy atom. The van der Waals surface area contributed by atoms with Gasteiger partial charge in [-0.3, -0.25) is 4.79 Å². The standard InChI is InChI=1S/C14H17BrO4/c1-3-18-12-6-5-10(7-11(16)9-15)13(8-12)14(17)19-4-2/h5-6,8H,3-4,7,9H2,1-2H3. The summed E-state index contributed by atoms with van der Waals surface area (Å²) in [6.45, 7) is 4.42. The third-order valence-corrected chi connectivity index (χ3v) is 3.05. The number of esters is 1. The molecule has 0 aliphatic carbocycles. The van der Waals surface area contributed by atoms with Crippen molar-refractivity contribution in [1.82, 2.24) is 0 Å². The Kier molecular flexibility index (Phi) is 6.56. The van der Waals surface area contributed by atoms with E-state index in [2.05, 4.69) is 15.9 Å². The summed E-state index contributed by atoms with van der Waals surface area (Å²) >= 11 is 3.11. The number of alkyl halides is 1. The molecule has 0 saturated heterocycles. The Bertz CT molecular complexity index is 457. The molecular formula is C14H17BrO4. The summed E-state index contributed by atoms with van der Waals surface area (Å²) in [6, 6.07) is 5.11. The van der Waals surface area contributed by atoms with Crippen LogP contribution in [0.4, 0.5) is 0 Å². The lowest BCUT2D eigenvalue weighted by atomic mass is 10.0. The number of benzene rings is 1. The van der Waals surface area contributed by atoms with Crippen molar-refractivity contribution in [2.24, 2.45) is 0 Å². The summed E-state index contributed by atoms with van der Waals surface area (Å²) in [5.74, 6) is 0.178. The lowest BCUT2D eigenvalue weighted by molar-refractivity contribution is -0.115. The molecule has 0 heterocycles. The predicted octanol–water partition coefficient (Wildman–Crippen LogP) is 2.77. The molecule has 0 aliphatic heterocycles. The van der Waals surface area contributed by atoms with Crippen molar-refractivity contribution in [1.29, 1.82) is 0 Å². The highest BCUT2D eigenvalue weighted by Gasteiger charge is 2.16. The average Bonchev–Trinajstić information content (AvgIpc) is 2.40. The maximum absolute atomic E-state index is 11.9. The van der Waals surface area contributed by atoms with Crippen molar-refractivity contribution in [3.8, 4) is 5.75 Å². The van der Waals surface area contributed by atoms with Crippen molar-refractivity contribution in [2.75, 3.05) is 18.5 Å². The van der Waals surface area contributed by atoms with Crippen molar-refractivity contribution in [2.45, 2.75) is 20.3 Å². The smallest absolute Gasteiger partial charge is 0.338 e. The molecule has 0 N–H and O–H groups in total. The fraction of sp³-hybridized carbons (Fsp3) is 0.429. The number of hydrogen-bond acceptors (Lipinski definition) is 4. The second-order valence-electron chi connectivity index (χ2n) is 3.82. The molecule has 4 nitrogen and oxygen atoms in total. The van der Waals surface area contributed by atoms with Gasteiger partial charge in [-0.05, 0) is 31.5 Å². The highest BCUT2D eigenvalue weighted by Crippen LogP contribution is 2.20. The van der Waals surface area contributed by atoms with Gasteiger partial charge in [-0.1, -0.05) is 22.0 Å². The predicted molar refractivity (Wildman–Crippen MR) is 76.1 cm³/mol. The van der Waals surface area contributed by atoms with Crippen LogP contribution in [-0.2, 0) is 16.0 Å². The summed E-state index contributed by atoms with van der Waals surface area (Å²) in [5, 5.41) is 0.266. The van der Waals surface area contributed by atoms with E-state index in [9.17, 15) is 9.59 Å². The molecule has 1 aromatic rings. The van der Waals surface area contributed by atoms with Crippen LogP contribution < -0.4 is 4.74 Å². The van der Waals surface area contributed by atoms with E-state index in [4.69, 9.17) is 9.47 Å². The topological polar surface area (TPSA) is 52.6 Å². The van der Waals surface area contributed by atoms with Gasteiger partial charge in [0.2, 0.25) is 0 Å². The Labute approximate surface area is 121 Å². The molecule has 5 heteroatoms. The van der Waals surface area contributed by atoms with Crippen LogP contribution in [0.5, 0.6) is 5.75 Å². The summed E-state index contributed by atoms with van der Waals surface area (Å²) in [5.41, 5.74) is 1.05. The highest BCUT2D eigenvalue weighted by atomic mass is 79.9. The molecule has 1 aromatic carbocycles. The van der Waals surface area contributed by atoms with Gasteiger partial charge < -0.3 is 9.47 Å². The van der Waals surface area contributed by atoms with Gasteiger partial charge in [0, 0.05) is 6.42 Å². The Hall–Kier alpha value is -1.36. The average molecular weight is 329 g/mol. The van der Waals surface area contributed by atoms with Crippen molar-refractivity contribution >= 4 is 27.7 Å². The third kappa shape index (κ3) is 4.67. The van der Waals surface area contributed by atoms with Crippen LogP contribution >= 0.6 is 15.9 Å². The molecule has 0 radical (unpaired) electrons. The second-order valence-corrected chi connectivity index (χ2v) is 4.38. The van der Waals surface area contributed by atoms with Gasteiger partial charge in [0.05, 0.1) is 24.1 Å². The molecule has 0 fully saturated rings. The Balaban J connectivity index is 3.06. The SMILES string of the molecule is CCOC(=O)c1cc(OCC)ccc1CC(=O)CBr. The van der Waals surface area contributed by atoms with Crippen molar-refractivity contribution < 1.29 is 19.1 Å². The molecule has 1 rings (SSSR count). The van der Waals surface area contributed by atoms with Gasteiger partial charge in [0.1, 0.15) is 11.5 Å². The molecule has 0 spiro atoms. The Morgan fingerprint density at radius 1 is 1.21 bits per heavy atom. The van der Waals surface area contributed by atoms with E-state index >= 15 is 0 Å². The lowest BCUT2D eigenvalue weighted by Crippen LogP contribution is -2.12. The number of carbonyl (C=O) groups excluding carboxylic acids is 2. The Morgan fingerprint density at radius 3 is 2.53 bits per heavy atom. The maximum Gasteiger partial charge on any atom is 0.338 e. The molecule has 0 unspecified atom stereocenters. The van der Waals surface area contributed by atoms with E-state index in [1.807, 2.05) is 6.92 Å². The summed E-state index contributed by atoms with van der Waals surface area (Å²) in [7, 11) is 0. The fourth-order valence-electron chi connectivity index (χ4n) is 1.62. The van der Waals surface area contributed by atoms with E-state index in [0.717, 1.165) is 0 Å². The monoisotopic (exact) mass is 328 g/mol. The number of rotatable bonds is 7. The van der Waals surface area contributed by atoms with Crippen LogP contribution in [-0.4, -0.2) is 30.3 Å². The molecule has 0 saturated carbocycles.